The van der Waals surface area contributed by atoms with Crippen LogP contribution in [-0.2, 0) is 11.3 Å². The van der Waals surface area contributed by atoms with Crippen LogP contribution in [0.2, 0.25) is 0 Å². The van der Waals surface area contributed by atoms with E-state index >= 15 is 0 Å². The Morgan fingerprint density at radius 2 is 1.89 bits per heavy atom. The Kier molecular flexibility index (Phi) is 4.82. The van der Waals surface area contributed by atoms with Gasteiger partial charge in [-0.1, -0.05) is 36.9 Å². The van der Waals surface area contributed by atoms with Crippen molar-refractivity contribution < 1.29 is 14.4 Å². The summed E-state index contributed by atoms with van der Waals surface area (Å²) in [5.41, 5.74) is 1.68. The SMILES string of the molecule is C=C(C)C(O)C(=O)C[N+](C)(C)Cc1ccccc1. The predicted molar refractivity (Wildman–Crippen MR) is 72.9 cm³/mol. The number of aliphatic hydroxyl groups is 1. The molecule has 1 N–H and O–H groups in total. The first-order valence-corrected chi connectivity index (χ1v) is 6.04. The molecule has 1 unspecified atom stereocenters. The molecule has 0 aliphatic carbocycles. The number of aliphatic hydroxyl groups excluding tert-OH is 1. The van der Waals surface area contributed by atoms with Crippen LogP contribution in [0.1, 0.15) is 12.5 Å². The maximum atomic E-state index is 11.9. The Morgan fingerprint density at radius 3 is 2.39 bits per heavy atom. The number of carbonyl (C=O) groups is 1. The van der Waals surface area contributed by atoms with Gasteiger partial charge in [0.25, 0.3) is 0 Å². The molecule has 3 nitrogen and oxygen atoms in total. The van der Waals surface area contributed by atoms with E-state index < -0.39 is 6.10 Å². The third kappa shape index (κ3) is 4.43. The first kappa shape index (κ1) is 14.6. The van der Waals surface area contributed by atoms with Gasteiger partial charge in [-0.15, -0.1) is 0 Å². The van der Waals surface area contributed by atoms with Crippen molar-refractivity contribution in [2.75, 3.05) is 20.6 Å². The number of Topliss-reactive ketones (excluding diaryl/α,β-unsaturated/α-hetero) is 1. The smallest absolute Gasteiger partial charge is 0.219 e. The summed E-state index contributed by atoms with van der Waals surface area (Å²) in [6, 6.07) is 10.0. The molecular weight excluding hydrogens is 226 g/mol. The average molecular weight is 248 g/mol. The Balaban J connectivity index is 2.65. The maximum absolute atomic E-state index is 11.9. The summed E-state index contributed by atoms with van der Waals surface area (Å²) in [5.74, 6) is -0.177. The van der Waals surface area contributed by atoms with E-state index in [4.69, 9.17) is 0 Å². The van der Waals surface area contributed by atoms with Gasteiger partial charge in [0.05, 0.1) is 14.1 Å². The molecule has 0 fully saturated rings. The number of ketones is 1. The average Bonchev–Trinajstić information content (AvgIpc) is 2.27. The van der Waals surface area contributed by atoms with Gasteiger partial charge in [0.1, 0.15) is 19.2 Å². The summed E-state index contributed by atoms with van der Waals surface area (Å²) >= 11 is 0. The lowest BCUT2D eigenvalue weighted by Crippen LogP contribution is -2.46. The second-order valence-corrected chi connectivity index (χ2v) is 5.45. The minimum absolute atomic E-state index is 0.177. The summed E-state index contributed by atoms with van der Waals surface area (Å²) < 4.78 is 0.521. The molecular formula is C15H22NO2+. The molecule has 0 amide bonds. The molecule has 1 aromatic rings. The number of hydrogen-bond acceptors (Lipinski definition) is 2. The molecule has 0 bridgehead atoms. The molecule has 0 aliphatic rings. The molecule has 1 atom stereocenters. The van der Waals surface area contributed by atoms with Gasteiger partial charge in [0.15, 0.2) is 0 Å². The number of likely N-dealkylation sites (N-methyl/N-ethyl adjacent to an activating group) is 1. The highest BCUT2D eigenvalue weighted by atomic mass is 16.3. The lowest BCUT2D eigenvalue weighted by atomic mass is 10.1. The first-order chi connectivity index (χ1) is 8.32. The molecule has 0 saturated carbocycles. The van der Waals surface area contributed by atoms with E-state index in [2.05, 4.69) is 6.58 Å². The highest BCUT2D eigenvalue weighted by Gasteiger charge is 2.25. The number of quaternary nitrogens is 1. The molecule has 0 spiro atoms. The van der Waals surface area contributed by atoms with Crippen molar-refractivity contribution in [3.8, 4) is 0 Å². The van der Waals surface area contributed by atoms with E-state index in [9.17, 15) is 9.90 Å². The zero-order valence-corrected chi connectivity index (χ0v) is 11.4. The van der Waals surface area contributed by atoms with Crippen molar-refractivity contribution in [3.63, 3.8) is 0 Å². The topological polar surface area (TPSA) is 37.3 Å². The van der Waals surface area contributed by atoms with Gasteiger partial charge in [-0.25, -0.2) is 0 Å². The molecule has 1 aromatic carbocycles. The third-order valence-electron chi connectivity index (χ3n) is 2.81. The van der Waals surface area contributed by atoms with Gasteiger partial charge in [-0.05, 0) is 12.5 Å². The monoisotopic (exact) mass is 248 g/mol. The van der Waals surface area contributed by atoms with Crippen molar-refractivity contribution in [2.45, 2.75) is 19.6 Å². The van der Waals surface area contributed by atoms with Crippen LogP contribution in [0.4, 0.5) is 0 Å². The summed E-state index contributed by atoms with van der Waals surface area (Å²) in [4.78, 5) is 11.9. The minimum Gasteiger partial charge on any atom is -0.381 e. The summed E-state index contributed by atoms with van der Waals surface area (Å²) in [7, 11) is 3.96. The summed E-state index contributed by atoms with van der Waals surface area (Å²) in [5, 5.41) is 9.67. The van der Waals surface area contributed by atoms with E-state index in [1.807, 2.05) is 44.4 Å². The fourth-order valence-corrected chi connectivity index (χ4v) is 1.92. The molecule has 18 heavy (non-hydrogen) atoms. The quantitative estimate of drug-likeness (QED) is 0.615. The molecule has 98 valence electrons. The highest BCUT2D eigenvalue weighted by Crippen LogP contribution is 2.10. The number of nitrogens with zero attached hydrogens (tertiary/aromatic N) is 1. The van der Waals surface area contributed by atoms with Gasteiger partial charge in [0, 0.05) is 5.56 Å². The van der Waals surface area contributed by atoms with Crippen molar-refractivity contribution in [1.29, 1.82) is 0 Å². The number of hydrogen-bond donors (Lipinski definition) is 1. The van der Waals surface area contributed by atoms with Crippen LogP contribution in [0.5, 0.6) is 0 Å². The van der Waals surface area contributed by atoms with Crippen LogP contribution >= 0.6 is 0 Å². The van der Waals surface area contributed by atoms with Crippen LogP contribution in [0.3, 0.4) is 0 Å². The van der Waals surface area contributed by atoms with Crippen LogP contribution in [0.15, 0.2) is 42.5 Å². The van der Waals surface area contributed by atoms with Gasteiger partial charge < -0.3 is 9.59 Å². The van der Waals surface area contributed by atoms with Crippen molar-refractivity contribution >= 4 is 5.78 Å². The van der Waals surface area contributed by atoms with Gasteiger partial charge in [0.2, 0.25) is 5.78 Å². The molecule has 3 heteroatoms. The largest absolute Gasteiger partial charge is 0.381 e. The molecule has 1 rings (SSSR count). The Bertz CT molecular complexity index is 423. The molecule has 0 radical (unpaired) electrons. The summed E-state index contributed by atoms with van der Waals surface area (Å²) in [6.07, 6.45) is -1.04. The third-order valence-corrected chi connectivity index (χ3v) is 2.81. The zero-order chi connectivity index (χ0) is 13.8. The van der Waals surface area contributed by atoms with Gasteiger partial charge >= 0.3 is 0 Å². The molecule has 0 aromatic heterocycles. The molecule has 0 heterocycles. The number of rotatable bonds is 6. The van der Waals surface area contributed by atoms with E-state index in [1.165, 1.54) is 5.56 Å². The van der Waals surface area contributed by atoms with Crippen LogP contribution in [0.25, 0.3) is 0 Å². The number of carbonyl (C=O) groups excluding carboxylic acids is 1. The van der Waals surface area contributed by atoms with Crippen LogP contribution in [-0.4, -0.2) is 42.1 Å². The van der Waals surface area contributed by atoms with E-state index in [0.29, 0.717) is 16.6 Å². The Hall–Kier alpha value is -1.45. The maximum Gasteiger partial charge on any atom is 0.219 e. The van der Waals surface area contributed by atoms with E-state index in [1.54, 1.807) is 6.92 Å². The van der Waals surface area contributed by atoms with Crippen molar-refractivity contribution in [1.82, 2.24) is 0 Å². The normalized spacial score (nSPS) is 13.1. The van der Waals surface area contributed by atoms with Crippen LogP contribution < -0.4 is 0 Å². The van der Waals surface area contributed by atoms with Gasteiger partial charge in [-0.2, -0.15) is 0 Å². The van der Waals surface area contributed by atoms with E-state index in [0.717, 1.165) is 6.54 Å². The highest BCUT2D eigenvalue weighted by molar-refractivity contribution is 5.86. The zero-order valence-electron chi connectivity index (χ0n) is 11.4. The number of benzene rings is 1. The fraction of sp³-hybridized carbons (Fsp3) is 0.400. The minimum atomic E-state index is -1.04. The first-order valence-electron chi connectivity index (χ1n) is 6.04. The Morgan fingerprint density at radius 1 is 1.33 bits per heavy atom. The van der Waals surface area contributed by atoms with Crippen LogP contribution in [0, 0.1) is 0 Å². The Labute approximate surface area is 109 Å². The predicted octanol–water partition coefficient (Wildman–Crippen LogP) is 1.77. The fourth-order valence-electron chi connectivity index (χ4n) is 1.92. The van der Waals surface area contributed by atoms with Crippen molar-refractivity contribution in [3.05, 3.63) is 48.0 Å². The second-order valence-electron chi connectivity index (χ2n) is 5.45. The standard InChI is InChI=1S/C15H22NO2/c1-12(2)15(18)14(17)11-16(3,4)10-13-8-6-5-7-9-13/h5-9,15,18H,1,10-11H2,2-4H3/q+1. The van der Waals surface area contributed by atoms with Gasteiger partial charge in [-0.3, -0.25) is 4.79 Å². The lowest BCUT2D eigenvalue weighted by molar-refractivity contribution is -0.895. The second kappa shape index (κ2) is 5.94. The molecule has 0 saturated heterocycles. The van der Waals surface area contributed by atoms with E-state index in [-0.39, 0.29) is 5.78 Å². The van der Waals surface area contributed by atoms with Crippen molar-refractivity contribution in [2.24, 2.45) is 0 Å². The lowest BCUT2D eigenvalue weighted by Gasteiger charge is -2.30. The molecule has 0 aliphatic heterocycles. The summed E-state index contributed by atoms with van der Waals surface area (Å²) in [6.45, 7) is 6.33.